The van der Waals surface area contributed by atoms with Crippen molar-refractivity contribution in [2.45, 2.75) is 77.4 Å². The van der Waals surface area contributed by atoms with Crippen LogP contribution in [0.1, 0.15) is 74.2 Å². The number of carbonyl (C=O) groups excluding carboxylic acids is 3. The zero-order valence-corrected chi connectivity index (χ0v) is 19.8. The quantitative estimate of drug-likeness (QED) is 0.561. The lowest BCUT2D eigenvalue weighted by Gasteiger charge is -2.27. The second-order valence-corrected chi connectivity index (χ2v) is 10.4. The van der Waals surface area contributed by atoms with Gasteiger partial charge in [0.05, 0.1) is 6.10 Å². The number of hydrogen-bond acceptors (Lipinski definition) is 4. The van der Waals surface area contributed by atoms with Crippen LogP contribution in [0.3, 0.4) is 0 Å². The zero-order valence-electron chi connectivity index (χ0n) is 19.8. The van der Waals surface area contributed by atoms with E-state index in [0.29, 0.717) is 30.9 Å². The number of aliphatic hydroxyl groups is 1. The molecule has 2 saturated carbocycles. The van der Waals surface area contributed by atoms with Gasteiger partial charge in [-0.1, -0.05) is 13.3 Å². The van der Waals surface area contributed by atoms with Gasteiger partial charge in [0.15, 0.2) is 0 Å². The summed E-state index contributed by atoms with van der Waals surface area (Å²) in [7, 11) is 0. The summed E-state index contributed by atoms with van der Waals surface area (Å²) >= 11 is 0. The molecule has 5 unspecified atom stereocenters. The number of aryl methyl sites for hydroxylation is 1. The second-order valence-electron chi connectivity index (χ2n) is 10.4. The number of aliphatic hydroxyl groups excluding tert-OH is 1. The lowest BCUT2D eigenvalue weighted by molar-refractivity contribution is -0.126. The molecule has 7 heteroatoms. The molecule has 33 heavy (non-hydrogen) atoms. The average Bonchev–Trinajstić information content (AvgIpc) is 3.40. The number of hydrogen-bond donors (Lipinski definition) is 3. The highest BCUT2D eigenvalue weighted by molar-refractivity contribution is 5.98. The predicted octanol–water partition coefficient (Wildman–Crippen LogP) is 2.93. The van der Waals surface area contributed by atoms with Gasteiger partial charge < -0.3 is 20.6 Å². The van der Waals surface area contributed by atoms with Gasteiger partial charge in [-0.2, -0.15) is 0 Å². The molecule has 3 amide bonds. The lowest BCUT2D eigenvalue weighted by Crippen LogP contribution is -2.42. The van der Waals surface area contributed by atoms with Gasteiger partial charge in [0.25, 0.3) is 5.91 Å². The van der Waals surface area contributed by atoms with E-state index in [2.05, 4.69) is 10.6 Å². The molecule has 3 N–H and O–H groups in total. The van der Waals surface area contributed by atoms with Crippen LogP contribution < -0.4 is 15.5 Å². The first kappa shape index (κ1) is 23.7. The Hall–Kier alpha value is -2.41. The van der Waals surface area contributed by atoms with E-state index in [9.17, 15) is 19.5 Å². The van der Waals surface area contributed by atoms with Crippen molar-refractivity contribution < 1.29 is 19.5 Å². The molecule has 1 aromatic carbocycles. The second kappa shape index (κ2) is 10.2. The third-order valence-corrected chi connectivity index (χ3v) is 7.60. The van der Waals surface area contributed by atoms with Crippen molar-refractivity contribution in [2.24, 2.45) is 17.8 Å². The largest absolute Gasteiger partial charge is 0.391 e. The molecular formula is C26H37N3O4. The molecule has 7 nitrogen and oxygen atoms in total. The Bertz CT molecular complexity index is 902. The SMILES string of the molecule is Cc1cc(C(=O)NCC(O)CC(C)C(=O)NC2CC3CCC2C3)cc(N2CCCCC2=O)c1. The van der Waals surface area contributed by atoms with E-state index in [1.54, 1.807) is 17.0 Å². The highest BCUT2D eigenvalue weighted by Crippen LogP contribution is 2.44. The Morgan fingerprint density at radius 1 is 1.18 bits per heavy atom. The molecule has 0 spiro atoms. The van der Waals surface area contributed by atoms with Crippen molar-refractivity contribution in [1.29, 1.82) is 0 Å². The third-order valence-electron chi connectivity index (χ3n) is 7.60. The van der Waals surface area contributed by atoms with E-state index < -0.39 is 6.10 Å². The summed E-state index contributed by atoms with van der Waals surface area (Å²) < 4.78 is 0. The highest BCUT2D eigenvalue weighted by Gasteiger charge is 2.40. The lowest BCUT2D eigenvalue weighted by atomic mass is 9.94. The Balaban J connectivity index is 1.26. The Kier molecular flexibility index (Phi) is 7.37. The van der Waals surface area contributed by atoms with Crippen molar-refractivity contribution in [2.75, 3.05) is 18.0 Å². The molecule has 2 bridgehead atoms. The molecule has 0 radical (unpaired) electrons. The molecule has 1 saturated heterocycles. The minimum atomic E-state index is -0.803. The summed E-state index contributed by atoms with van der Waals surface area (Å²) in [6.45, 7) is 4.48. The van der Waals surface area contributed by atoms with E-state index >= 15 is 0 Å². The van der Waals surface area contributed by atoms with Crippen molar-refractivity contribution in [1.82, 2.24) is 10.6 Å². The van der Waals surface area contributed by atoms with Gasteiger partial charge in [-0.15, -0.1) is 0 Å². The first-order chi connectivity index (χ1) is 15.8. The molecule has 4 rings (SSSR count). The topological polar surface area (TPSA) is 98.7 Å². The monoisotopic (exact) mass is 455 g/mol. The molecule has 1 heterocycles. The summed E-state index contributed by atoms with van der Waals surface area (Å²) in [6.07, 6.45) is 6.73. The number of fused-ring (bicyclic) bond motifs is 2. The minimum absolute atomic E-state index is 0.00699. The standard InChI is InChI=1S/C26H37N3O4/c1-16-9-20(14-21(10-16)29-8-4-3-5-24(29)31)26(33)27-15-22(30)11-17(2)25(32)28-23-13-18-6-7-19(23)12-18/h9-10,14,17-19,22-23,30H,3-8,11-13,15H2,1-2H3,(H,27,33)(H,28,32). The van der Waals surface area contributed by atoms with Crippen LogP contribution in [0, 0.1) is 24.7 Å². The summed E-state index contributed by atoms with van der Waals surface area (Å²) in [4.78, 5) is 39.3. The zero-order chi connectivity index (χ0) is 23.5. The van der Waals surface area contributed by atoms with Gasteiger partial charge in [-0.3, -0.25) is 14.4 Å². The number of rotatable bonds is 8. The van der Waals surface area contributed by atoms with Gasteiger partial charge in [0, 0.05) is 42.7 Å². The van der Waals surface area contributed by atoms with Crippen LogP contribution >= 0.6 is 0 Å². The maximum Gasteiger partial charge on any atom is 0.251 e. The van der Waals surface area contributed by atoms with Crippen LogP contribution in [-0.4, -0.2) is 48.1 Å². The first-order valence-electron chi connectivity index (χ1n) is 12.5. The molecule has 3 aliphatic rings. The van der Waals surface area contributed by atoms with E-state index in [-0.39, 0.29) is 36.2 Å². The summed E-state index contributed by atoms with van der Waals surface area (Å²) in [5.74, 6) is 0.870. The Morgan fingerprint density at radius 3 is 2.70 bits per heavy atom. The maximum absolute atomic E-state index is 12.7. The normalized spacial score (nSPS) is 26.2. The van der Waals surface area contributed by atoms with E-state index in [1.165, 1.54) is 19.3 Å². The van der Waals surface area contributed by atoms with Crippen molar-refractivity contribution in [3.05, 3.63) is 29.3 Å². The molecule has 0 aromatic heterocycles. The van der Waals surface area contributed by atoms with E-state index in [1.807, 2.05) is 19.9 Å². The fourth-order valence-corrected chi connectivity index (χ4v) is 5.79. The minimum Gasteiger partial charge on any atom is -0.391 e. The van der Waals surface area contributed by atoms with Gasteiger partial charge >= 0.3 is 0 Å². The summed E-state index contributed by atoms with van der Waals surface area (Å²) in [6, 6.07) is 5.73. The van der Waals surface area contributed by atoms with Crippen molar-refractivity contribution in [3.63, 3.8) is 0 Å². The van der Waals surface area contributed by atoms with Gasteiger partial charge in [0.1, 0.15) is 0 Å². The summed E-state index contributed by atoms with van der Waals surface area (Å²) in [5, 5.41) is 16.4. The fraction of sp³-hybridized carbons (Fsp3) is 0.654. The Morgan fingerprint density at radius 2 is 2.00 bits per heavy atom. The highest BCUT2D eigenvalue weighted by atomic mass is 16.3. The van der Waals surface area contributed by atoms with Crippen LogP contribution in [0.5, 0.6) is 0 Å². The molecule has 180 valence electrons. The summed E-state index contributed by atoms with van der Waals surface area (Å²) in [5.41, 5.74) is 2.12. The first-order valence-corrected chi connectivity index (χ1v) is 12.5. The van der Waals surface area contributed by atoms with E-state index in [4.69, 9.17) is 0 Å². The molecule has 1 aromatic rings. The molecule has 2 aliphatic carbocycles. The van der Waals surface area contributed by atoms with E-state index in [0.717, 1.165) is 36.4 Å². The third kappa shape index (κ3) is 5.75. The number of carbonyl (C=O) groups is 3. The van der Waals surface area contributed by atoms with Crippen molar-refractivity contribution >= 4 is 23.4 Å². The number of piperidine rings is 1. The molecular weight excluding hydrogens is 418 g/mol. The van der Waals surface area contributed by atoms with Crippen molar-refractivity contribution in [3.8, 4) is 0 Å². The fourth-order valence-electron chi connectivity index (χ4n) is 5.79. The number of nitrogens with one attached hydrogen (secondary N) is 2. The molecule has 1 aliphatic heterocycles. The van der Waals surface area contributed by atoms with Crippen LogP contribution in [0.4, 0.5) is 5.69 Å². The van der Waals surface area contributed by atoms with Crippen LogP contribution in [0.25, 0.3) is 0 Å². The average molecular weight is 456 g/mol. The Labute approximate surface area is 196 Å². The number of anilines is 1. The van der Waals surface area contributed by atoms with Gasteiger partial charge in [-0.05, 0) is 81.0 Å². The molecule has 3 fully saturated rings. The number of benzene rings is 1. The van der Waals surface area contributed by atoms with Crippen LogP contribution in [-0.2, 0) is 9.59 Å². The molecule has 5 atom stereocenters. The number of amides is 3. The predicted molar refractivity (Wildman–Crippen MR) is 127 cm³/mol. The van der Waals surface area contributed by atoms with Crippen LogP contribution in [0.15, 0.2) is 18.2 Å². The van der Waals surface area contributed by atoms with Crippen LogP contribution in [0.2, 0.25) is 0 Å². The van der Waals surface area contributed by atoms with Gasteiger partial charge in [-0.25, -0.2) is 0 Å². The number of nitrogens with zero attached hydrogens (tertiary/aromatic N) is 1. The van der Waals surface area contributed by atoms with Gasteiger partial charge in [0.2, 0.25) is 11.8 Å². The smallest absolute Gasteiger partial charge is 0.251 e. The maximum atomic E-state index is 12.7.